The highest BCUT2D eigenvalue weighted by Crippen LogP contribution is 2.16. The Morgan fingerprint density at radius 3 is 2.26 bits per heavy atom. The third-order valence-electron chi connectivity index (χ3n) is 4.59. The summed E-state index contributed by atoms with van der Waals surface area (Å²) in [5.41, 5.74) is 1.33. The average molecular weight is 368 g/mol. The monoisotopic (exact) mass is 368 g/mol. The van der Waals surface area contributed by atoms with Crippen molar-refractivity contribution in [2.45, 2.75) is 26.3 Å². The van der Waals surface area contributed by atoms with Gasteiger partial charge in [-0.05, 0) is 36.2 Å². The van der Waals surface area contributed by atoms with Gasteiger partial charge in [-0.1, -0.05) is 44.5 Å². The first-order chi connectivity index (χ1) is 12.8. The van der Waals surface area contributed by atoms with Gasteiger partial charge in [0.2, 0.25) is 0 Å². The zero-order valence-electron chi connectivity index (χ0n) is 15.7. The van der Waals surface area contributed by atoms with E-state index in [2.05, 4.69) is 5.32 Å². The summed E-state index contributed by atoms with van der Waals surface area (Å²) in [6.07, 6.45) is 0.623. The molecule has 0 fully saturated rings. The van der Waals surface area contributed by atoms with Crippen LogP contribution in [0.25, 0.3) is 0 Å². The van der Waals surface area contributed by atoms with Crippen LogP contribution >= 0.6 is 0 Å². The van der Waals surface area contributed by atoms with Gasteiger partial charge in [0.15, 0.2) is 0 Å². The van der Waals surface area contributed by atoms with Gasteiger partial charge in [0.1, 0.15) is 6.04 Å². The zero-order chi connectivity index (χ0) is 20.0. The summed E-state index contributed by atoms with van der Waals surface area (Å²) < 4.78 is 0. The standard InChI is InChI=1S/C21H24N2O4/c1-4-14(2)18(21(26)27)22-19(24)15-9-8-10-16(13-15)20(25)23(3)17-11-6-5-7-12-17/h5-14,18H,4H2,1-3H3,(H,22,24)(H,26,27). The maximum Gasteiger partial charge on any atom is 0.326 e. The first kappa shape index (κ1) is 20.2. The Labute approximate surface area is 158 Å². The second kappa shape index (κ2) is 8.98. The minimum Gasteiger partial charge on any atom is -0.480 e. The van der Waals surface area contributed by atoms with Crippen LogP contribution in [-0.2, 0) is 4.79 Å². The highest BCUT2D eigenvalue weighted by Gasteiger charge is 2.26. The lowest BCUT2D eigenvalue weighted by Gasteiger charge is -2.20. The quantitative estimate of drug-likeness (QED) is 0.786. The molecule has 142 valence electrons. The SMILES string of the molecule is CCC(C)C(NC(=O)c1cccc(C(=O)N(C)c2ccccc2)c1)C(=O)O. The molecule has 0 heterocycles. The molecule has 2 aromatic rings. The molecule has 0 aliphatic rings. The molecular weight excluding hydrogens is 344 g/mol. The number of aliphatic carboxylic acids is 1. The van der Waals surface area contributed by atoms with E-state index in [1.54, 1.807) is 32.2 Å². The summed E-state index contributed by atoms with van der Waals surface area (Å²) in [5.74, 6) is -2.05. The first-order valence-electron chi connectivity index (χ1n) is 8.82. The van der Waals surface area contributed by atoms with Crippen molar-refractivity contribution >= 4 is 23.5 Å². The summed E-state index contributed by atoms with van der Waals surface area (Å²) in [6, 6.07) is 14.5. The molecule has 0 radical (unpaired) electrons. The van der Waals surface area contributed by atoms with Gasteiger partial charge in [0, 0.05) is 23.9 Å². The number of nitrogens with zero attached hydrogens (tertiary/aromatic N) is 1. The molecule has 2 rings (SSSR count). The lowest BCUT2D eigenvalue weighted by Crippen LogP contribution is -2.45. The van der Waals surface area contributed by atoms with Gasteiger partial charge in [0.25, 0.3) is 11.8 Å². The van der Waals surface area contributed by atoms with Crippen molar-refractivity contribution in [2.24, 2.45) is 5.92 Å². The van der Waals surface area contributed by atoms with Crippen molar-refractivity contribution in [1.82, 2.24) is 5.32 Å². The van der Waals surface area contributed by atoms with E-state index in [-0.39, 0.29) is 17.4 Å². The molecule has 0 saturated carbocycles. The molecule has 2 aromatic carbocycles. The molecule has 2 amide bonds. The summed E-state index contributed by atoms with van der Waals surface area (Å²) in [5, 5.41) is 11.9. The van der Waals surface area contributed by atoms with Crippen LogP contribution in [-0.4, -0.2) is 36.0 Å². The van der Waals surface area contributed by atoms with Crippen LogP contribution in [0.1, 0.15) is 41.0 Å². The Bertz CT molecular complexity index is 820. The number of rotatable bonds is 7. The highest BCUT2D eigenvalue weighted by atomic mass is 16.4. The number of carboxylic acid groups (broad SMARTS) is 1. The lowest BCUT2D eigenvalue weighted by atomic mass is 9.98. The maximum atomic E-state index is 12.7. The fourth-order valence-electron chi connectivity index (χ4n) is 2.66. The second-order valence-corrected chi connectivity index (χ2v) is 6.46. The van der Waals surface area contributed by atoms with Crippen molar-refractivity contribution in [2.75, 3.05) is 11.9 Å². The molecule has 0 bridgehead atoms. The number of carbonyl (C=O) groups is 3. The Hall–Kier alpha value is -3.15. The van der Waals surface area contributed by atoms with E-state index in [0.717, 1.165) is 5.69 Å². The molecule has 2 atom stereocenters. The van der Waals surface area contributed by atoms with Crippen LogP contribution in [0.15, 0.2) is 54.6 Å². The number of amides is 2. The van der Waals surface area contributed by atoms with Crippen LogP contribution in [0.3, 0.4) is 0 Å². The van der Waals surface area contributed by atoms with Gasteiger partial charge in [0.05, 0.1) is 0 Å². The number of hydrogen-bond acceptors (Lipinski definition) is 3. The molecule has 0 spiro atoms. The van der Waals surface area contributed by atoms with Crippen LogP contribution in [0.2, 0.25) is 0 Å². The number of para-hydroxylation sites is 1. The molecule has 2 unspecified atom stereocenters. The van der Waals surface area contributed by atoms with E-state index in [9.17, 15) is 19.5 Å². The van der Waals surface area contributed by atoms with Crippen molar-refractivity contribution in [1.29, 1.82) is 0 Å². The van der Waals surface area contributed by atoms with Crippen molar-refractivity contribution in [3.05, 3.63) is 65.7 Å². The normalized spacial score (nSPS) is 12.7. The molecule has 0 aromatic heterocycles. The molecule has 0 aliphatic heterocycles. The number of carbonyl (C=O) groups excluding carboxylic acids is 2. The van der Waals surface area contributed by atoms with Gasteiger partial charge < -0.3 is 15.3 Å². The Kier molecular flexibility index (Phi) is 6.71. The van der Waals surface area contributed by atoms with Crippen molar-refractivity contribution in [3.63, 3.8) is 0 Å². The van der Waals surface area contributed by atoms with Crippen LogP contribution in [0.4, 0.5) is 5.69 Å². The molecule has 27 heavy (non-hydrogen) atoms. The number of carboxylic acids is 1. The molecule has 0 aliphatic carbocycles. The summed E-state index contributed by atoms with van der Waals surface area (Å²) in [6.45, 7) is 3.64. The van der Waals surface area contributed by atoms with Crippen molar-refractivity contribution in [3.8, 4) is 0 Å². The third-order valence-corrected chi connectivity index (χ3v) is 4.59. The van der Waals surface area contributed by atoms with E-state index < -0.39 is 17.9 Å². The summed E-state index contributed by atoms with van der Waals surface area (Å²) >= 11 is 0. The predicted molar refractivity (Wildman–Crippen MR) is 104 cm³/mol. The summed E-state index contributed by atoms with van der Waals surface area (Å²) in [4.78, 5) is 38.1. The molecule has 0 saturated heterocycles. The average Bonchev–Trinajstić information content (AvgIpc) is 2.70. The highest BCUT2D eigenvalue weighted by molar-refractivity contribution is 6.07. The Morgan fingerprint density at radius 1 is 1.04 bits per heavy atom. The maximum absolute atomic E-state index is 12.7. The fourth-order valence-corrected chi connectivity index (χ4v) is 2.66. The Morgan fingerprint density at radius 2 is 1.67 bits per heavy atom. The topological polar surface area (TPSA) is 86.7 Å². The number of anilines is 1. The summed E-state index contributed by atoms with van der Waals surface area (Å²) in [7, 11) is 1.66. The minimum atomic E-state index is -1.08. The van der Waals surface area contributed by atoms with E-state index in [1.807, 2.05) is 37.3 Å². The molecule has 6 heteroatoms. The number of benzene rings is 2. The van der Waals surface area contributed by atoms with Crippen LogP contribution in [0, 0.1) is 5.92 Å². The lowest BCUT2D eigenvalue weighted by molar-refractivity contribution is -0.140. The largest absolute Gasteiger partial charge is 0.480 e. The zero-order valence-corrected chi connectivity index (χ0v) is 15.7. The predicted octanol–water partition coefficient (Wildman–Crippen LogP) is 3.19. The van der Waals surface area contributed by atoms with Crippen LogP contribution < -0.4 is 10.2 Å². The van der Waals surface area contributed by atoms with Gasteiger partial charge in [-0.15, -0.1) is 0 Å². The molecule has 2 N–H and O–H groups in total. The second-order valence-electron chi connectivity index (χ2n) is 6.46. The van der Waals surface area contributed by atoms with Crippen molar-refractivity contribution < 1.29 is 19.5 Å². The van der Waals surface area contributed by atoms with E-state index in [0.29, 0.717) is 12.0 Å². The number of hydrogen-bond donors (Lipinski definition) is 2. The van der Waals surface area contributed by atoms with E-state index >= 15 is 0 Å². The minimum absolute atomic E-state index is 0.208. The number of nitrogens with one attached hydrogen (secondary N) is 1. The van der Waals surface area contributed by atoms with Crippen LogP contribution in [0.5, 0.6) is 0 Å². The first-order valence-corrected chi connectivity index (χ1v) is 8.82. The smallest absolute Gasteiger partial charge is 0.326 e. The van der Waals surface area contributed by atoms with Gasteiger partial charge in [-0.3, -0.25) is 9.59 Å². The molecule has 6 nitrogen and oxygen atoms in total. The van der Waals surface area contributed by atoms with Gasteiger partial charge >= 0.3 is 5.97 Å². The fraction of sp³-hybridized carbons (Fsp3) is 0.286. The van der Waals surface area contributed by atoms with E-state index in [1.165, 1.54) is 11.0 Å². The van der Waals surface area contributed by atoms with Gasteiger partial charge in [-0.2, -0.15) is 0 Å². The molecular formula is C21H24N2O4. The Balaban J connectivity index is 2.20. The third kappa shape index (κ3) is 4.94. The van der Waals surface area contributed by atoms with E-state index in [4.69, 9.17) is 0 Å². The van der Waals surface area contributed by atoms with Gasteiger partial charge in [-0.25, -0.2) is 4.79 Å².